The third-order valence-electron chi connectivity index (χ3n) is 3.57. The highest BCUT2D eigenvalue weighted by atomic mass is 16.6. The van der Waals surface area contributed by atoms with Gasteiger partial charge in [-0.25, -0.2) is 14.4 Å². The zero-order chi connectivity index (χ0) is 19.6. The molecule has 142 valence electrons. The highest BCUT2D eigenvalue weighted by Crippen LogP contribution is 2.11. The fourth-order valence-corrected chi connectivity index (χ4v) is 2.18. The Balaban J connectivity index is 2.08. The zero-order valence-electron chi connectivity index (χ0n) is 14.4. The summed E-state index contributed by atoms with van der Waals surface area (Å²) >= 11 is 0. The monoisotopic (exact) mass is 373 g/mol. The van der Waals surface area contributed by atoms with Crippen LogP contribution in [-0.2, 0) is 27.5 Å². The van der Waals surface area contributed by atoms with Crippen LogP contribution >= 0.6 is 0 Å². The van der Waals surface area contributed by atoms with Gasteiger partial charge in [-0.05, 0) is 11.1 Å². The summed E-state index contributed by atoms with van der Waals surface area (Å²) in [5, 5.41) is 18.5. The number of carboxylic acids is 1. The summed E-state index contributed by atoms with van der Waals surface area (Å²) in [6.45, 7) is -1.31. The van der Waals surface area contributed by atoms with Crippen LogP contribution < -0.4 is 0 Å². The van der Waals surface area contributed by atoms with Crippen molar-refractivity contribution < 1.29 is 34.1 Å². The molecule has 2 aromatic rings. The third kappa shape index (κ3) is 5.82. The van der Waals surface area contributed by atoms with Crippen molar-refractivity contribution in [1.29, 1.82) is 0 Å². The van der Waals surface area contributed by atoms with Crippen LogP contribution in [0.4, 0.5) is 9.59 Å². The Morgan fingerprint density at radius 3 is 1.56 bits per heavy atom. The fourth-order valence-electron chi connectivity index (χ4n) is 2.18. The molecule has 0 saturated heterocycles. The molecular weight excluding hydrogens is 354 g/mol. The first-order valence-corrected chi connectivity index (χ1v) is 8.07. The summed E-state index contributed by atoms with van der Waals surface area (Å²) in [5.41, 5.74) is 1.30. The molecule has 8 heteroatoms. The van der Waals surface area contributed by atoms with Crippen LogP contribution in [0.25, 0.3) is 0 Å². The van der Waals surface area contributed by atoms with E-state index in [0.29, 0.717) is 11.1 Å². The Morgan fingerprint density at radius 1 is 0.815 bits per heavy atom. The summed E-state index contributed by atoms with van der Waals surface area (Å²) in [4.78, 5) is 36.2. The Kier molecular flexibility index (Phi) is 7.33. The molecule has 0 spiro atoms. The number of aliphatic hydroxyl groups is 1. The highest BCUT2D eigenvalue weighted by Gasteiger charge is 2.37. The molecule has 2 rings (SSSR count). The van der Waals surface area contributed by atoms with Gasteiger partial charge >= 0.3 is 18.2 Å². The second kappa shape index (κ2) is 9.93. The number of hydrogen-bond donors (Lipinski definition) is 2. The average Bonchev–Trinajstić information content (AvgIpc) is 2.69. The molecule has 0 unspecified atom stereocenters. The molecule has 0 aromatic heterocycles. The highest BCUT2D eigenvalue weighted by molar-refractivity contribution is 5.93. The lowest BCUT2D eigenvalue weighted by Gasteiger charge is -2.24. The van der Waals surface area contributed by atoms with Crippen molar-refractivity contribution in [3.05, 3.63) is 71.8 Å². The van der Waals surface area contributed by atoms with E-state index in [1.807, 2.05) is 0 Å². The van der Waals surface area contributed by atoms with Gasteiger partial charge in [0.05, 0.1) is 6.61 Å². The Bertz CT molecular complexity index is 709. The predicted molar refractivity (Wildman–Crippen MR) is 93.6 cm³/mol. The molecule has 2 N–H and O–H groups in total. The maximum Gasteiger partial charge on any atom is 0.420 e. The number of aliphatic carboxylic acids is 1. The molecule has 27 heavy (non-hydrogen) atoms. The van der Waals surface area contributed by atoms with Gasteiger partial charge in [0.25, 0.3) is 0 Å². The molecule has 0 heterocycles. The number of imide groups is 1. The van der Waals surface area contributed by atoms with Crippen LogP contribution in [0.2, 0.25) is 0 Å². The van der Waals surface area contributed by atoms with Crippen molar-refractivity contribution in [1.82, 2.24) is 4.90 Å². The van der Waals surface area contributed by atoms with Gasteiger partial charge in [0.1, 0.15) is 13.2 Å². The predicted octanol–water partition coefficient (Wildman–Crippen LogP) is 2.41. The van der Waals surface area contributed by atoms with Crippen molar-refractivity contribution in [2.24, 2.45) is 0 Å². The molecular formula is C19H19NO7. The Hall–Kier alpha value is -3.39. The molecule has 2 amide bonds. The van der Waals surface area contributed by atoms with Gasteiger partial charge in [-0.1, -0.05) is 60.7 Å². The molecule has 0 radical (unpaired) electrons. The van der Waals surface area contributed by atoms with Crippen molar-refractivity contribution in [3.8, 4) is 0 Å². The van der Waals surface area contributed by atoms with Crippen molar-refractivity contribution in [3.63, 3.8) is 0 Å². The first-order valence-electron chi connectivity index (χ1n) is 8.07. The first-order chi connectivity index (χ1) is 13.0. The van der Waals surface area contributed by atoms with E-state index >= 15 is 0 Å². The lowest BCUT2D eigenvalue weighted by Crippen LogP contribution is -2.50. The van der Waals surface area contributed by atoms with E-state index in [-0.39, 0.29) is 18.1 Å². The summed E-state index contributed by atoms with van der Waals surface area (Å²) < 4.78 is 10.0. The second-order valence-electron chi connectivity index (χ2n) is 5.49. The topological polar surface area (TPSA) is 113 Å². The van der Waals surface area contributed by atoms with Crippen LogP contribution in [0.3, 0.4) is 0 Å². The number of carbonyl (C=O) groups excluding carboxylic acids is 2. The van der Waals surface area contributed by atoms with Crippen LogP contribution in [0.5, 0.6) is 0 Å². The third-order valence-corrected chi connectivity index (χ3v) is 3.57. The Labute approximate surface area is 155 Å². The number of carbonyl (C=O) groups is 3. The number of rotatable bonds is 7. The molecule has 1 atom stereocenters. The normalized spacial score (nSPS) is 11.3. The van der Waals surface area contributed by atoms with E-state index in [1.165, 1.54) is 0 Å². The molecule has 0 aliphatic carbocycles. The van der Waals surface area contributed by atoms with Crippen molar-refractivity contribution in [2.75, 3.05) is 6.61 Å². The smallest absolute Gasteiger partial charge is 0.420 e. The van der Waals surface area contributed by atoms with E-state index in [0.717, 1.165) is 0 Å². The first kappa shape index (κ1) is 19.9. The van der Waals surface area contributed by atoms with Crippen LogP contribution in [0.15, 0.2) is 60.7 Å². The van der Waals surface area contributed by atoms with Gasteiger partial charge in [0.2, 0.25) is 0 Å². The summed E-state index contributed by atoms with van der Waals surface area (Å²) in [5.74, 6) is -1.56. The van der Waals surface area contributed by atoms with E-state index in [4.69, 9.17) is 9.47 Å². The lowest BCUT2D eigenvalue weighted by atomic mass is 10.2. The van der Waals surface area contributed by atoms with E-state index < -0.39 is 30.8 Å². The molecule has 0 aliphatic rings. The minimum absolute atomic E-state index is 0.167. The summed E-state index contributed by atoms with van der Waals surface area (Å²) in [6, 6.07) is 15.5. The zero-order valence-corrected chi connectivity index (χ0v) is 14.4. The van der Waals surface area contributed by atoms with E-state index in [2.05, 4.69) is 0 Å². The number of ether oxygens (including phenoxy) is 2. The lowest BCUT2D eigenvalue weighted by molar-refractivity contribution is -0.143. The van der Waals surface area contributed by atoms with Gasteiger partial charge in [-0.3, -0.25) is 0 Å². The van der Waals surface area contributed by atoms with Crippen molar-refractivity contribution >= 4 is 18.2 Å². The average molecular weight is 373 g/mol. The molecule has 2 aromatic carbocycles. The number of hydrogen-bond acceptors (Lipinski definition) is 6. The van der Waals surface area contributed by atoms with Crippen molar-refractivity contribution in [2.45, 2.75) is 19.3 Å². The summed E-state index contributed by atoms with van der Waals surface area (Å²) in [7, 11) is 0. The minimum Gasteiger partial charge on any atom is -0.480 e. The quantitative estimate of drug-likeness (QED) is 0.766. The van der Waals surface area contributed by atoms with Gasteiger partial charge in [0.15, 0.2) is 6.04 Å². The maximum absolute atomic E-state index is 12.3. The van der Waals surface area contributed by atoms with Gasteiger partial charge in [-0.2, -0.15) is 4.90 Å². The number of aliphatic hydroxyl groups excluding tert-OH is 1. The van der Waals surface area contributed by atoms with E-state index in [1.54, 1.807) is 60.7 Å². The van der Waals surface area contributed by atoms with Gasteiger partial charge in [-0.15, -0.1) is 0 Å². The SMILES string of the molecule is O=C(O)[C@H](CO)N(C(=O)OCc1ccccc1)C(=O)OCc1ccccc1. The van der Waals surface area contributed by atoms with E-state index in [9.17, 15) is 24.6 Å². The van der Waals surface area contributed by atoms with Crippen LogP contribution in [0.1, 0.15) is 11.1 Å². The van der Waals surface area contributed by atoms with Gasteiger partial charge < -0.3 is 19.7 Å². The molecule has 0 saturated carbocycles. The molecule has 0 bridgehead atoms. The minimum atomic E-state index is -1.82. The largest absolute Gasteiger partial charge is 0.480 e. The van der Waals surface area contributed by atoms with Crippen LogP contribution in [0, 0.1) is 0 Å². The molecule has 0 aliphatic heterocycles. The number of nitrogens with zero attached hydrogens (tertiary/aromatic N) is 1. The second-order valence-corrected chi connectivity index (χ2v) is 5.49. The Morgan fingerprint density at radius 2 is 1.22 bits per heavy atom. The number of benzene rings is 2. The number of amides is 2. The van der Waals surface area contributed by atoms with Gasteiger partial charge in [0, 0.05) is 0 Å². The van der Waals surface area contributed by atoms with Crippen LogP contribution in [-0.4, -0.2) is 45.9 Å². The number of carboxylic acid groups (broad SMARTS) is 1. The maximum atomic E-state index is 12.3. The fraction of sp³-hybridized carbons (Fsp3) is 0.211. The summed E-state index contributed by atoms with van der Waals surface area (Å²) in [6.07, 6.45) is -2.45. The molecule has 8 nitrogen and oxygen atoms in total. The molecule has 0 fully saturated rings. The standard InChI is InChI=1S/C19H19NO7/c21-11-16(17(22)23)20(18(24)26-12-14-7-3-1-4-8-14)19(25)27-13-15-9-5-2-6-10-15/h1-10,16,21H,11-13H2,(H,22,23)/t16-/m0/s1.